The Bertz CT molecular complexity index is 878. The van der Waals surface area contributed by atoms with Gasteiger partial charge in [-0.15, -0.1) is 11.3 Å². The van der Waals surface area contributed by atoms with Crippen molar-refractivity contribution in [3.05, 3.63) is 63.5 Å². The number of carbonyl (C=O) groups excluding carboxylic acids is 1. The summed E-state index contributed by atoms with van der Waals surface area (Å²) in [6.07, 6.45) is 0. The van der Waals surface area contributed by atoms with Gasteiger partial charge in [0.1, 0.15) is 0 Å². The number of rotatable bonds is 3. The van der Waals surface area contributed by atoms with Gasteiger partial charge in [0.25, 0.3) is 0 Å². The Morgan fingerprint density at radius 2 is 1.79 bits per heavy atom. The van der Waals surface area contributed by atoms with Crippen molar-refractivity contribution in [2.24, 2.45) is 0 Å². The van der Waals surface area contributed by atoms with Gasteiger partial charge in [-0.2, -0.15) is 0 Å². The van der Waals surface area contributed by atoms with E-state index < -0.39 is 6.03 Å². The summed E-state index contributed by atoms with van der Waals surface area (Å²) in [6, 6.07) is 12.6. The molecule has 0 bridgehead atoms. The zero-order valence-corrected chi connectivity index (χ0v) is 15.0. The molecule has 0 aliphatic heterocycles. The highest BCUT2D eigenvalue weighted by molar-refractivity contribution is 7.14. The number of halogens is 2. The molecular weight excluding hydrogens is 365 g/mol. The predicted molar refractivity (Wildman–Crippen MR) is 101 cm³/mol. The standard InChI is InChI=1S/C17H13Cl2N3OS/c1-10-2-4-11(5-3-10)15-9-24-17(21-15)22-16(23)20-12-6-7-13(18)14(19)8-12/h2-9H,1H3,(H2,20,21,22,23). The number of amides is 2. The van der Waals surface area contributed by atoms with Crippen LogP contribution in [0.4, 0.5) is 15.6 Å². The Balaban J connectivity index is 1.66. The van der Waals surface area contributed by atoms with Gasteiger partial charge in [-0.1, -0.05) is 53.0 Å². The van der Waals surface area contributed by atoms with Gasteiger partial charge in [-0.3, -0.25) is 5.32 Å². The Kier molecular flexibility index (Phi) is 5.04. The molecule has 7 heteroatoms. The maximum absolute atomic E-state index is 12.0. The molecule has 3 aromatic rings. The van der Waals surface area contributed by atoms with Crippen molar-refractivity contribution in [1.29, 1.82) is 0 Å². The van der Waals surface area contributed by atoms with E-state index in [-0.39, 0.29) is 0 Å². The molecule has 0 unspecified atom stereocenters. The molecule has 0 atom stereocenters. The molecule has 0 aliphatic rings. The van der Waals surface area contributed by atoms with Gasteiger partial charge in [0.15, 0.2) is 5.13 Å². The summed E-state index contributed by atoms with van der Waals surface area (Å²) in [5.74, 6) is 0. The fraction of sp³-hybridized carbons (Fsp3) is 0.0588. The lowest BCUT2D eigenvalue weighted by molar-refractivity contribution is 0.262. The van der Waals surface area contributed by atoms with Gasteiger partial charge in [-0.25, -0.2) is 9.78 Å². The number of hydrogen-bond acceptors (Lipinski definition) is 3. The van der Waals surface area contributed by atoms with Crippen LogP contribution in [0.1, 0.15) is 5.56 Å². The highest BCUT2D eigenvalue weighted by Crippen LogP contribution is 2.27. The summed E-state index contributed by atoms with van der Waals surface area (Å²) in [5, 5.41) is 8.63. The lowest BCUT2D eigenvalue weighted by Gasteiger charge is -2.06. The van der Waals surface area contributed by atoms with Crippen LogP contribution < -0.4 is 10.6 Å². The highest BCUT2D eigenvalue weighted by atomic mass is 35.5. The number of nitrogens with one attached hydrogen (secondary N) is 2. The molecule has 1 aromatic heterocycles. The summed E-state index contributed by atoms with van der Waals surface area (Å²) in [4.78, 5) is 16.5. The summed E-state index contributed by atoms with van der Waals surface area (Å²) in [7, 11) is 0. The lowest BCUT2D eigenvalue weighted by atomic mass is 10.1. The Hall–Kier alpha value is -2.08. The van der Waals surface area contributed by atoms with Crippen LogP contribution in [0.2, 0.25) is 10.0 Å². The number of thiazole rings is 1. The third kappa shape index (κ3) is 4.06. The van der Waals surface area contributed by atoms with Crippen molar-refractivity contribution in [2.75, 3.05) is 10.6 Å². The average molecular weight is 378 g/mol. The second-order valence-corrected chi connectivity index (χ2v) is 6.78. The number of urea groups is 1. The van der Waals surface area contributed by atoms with Crippen LogP contribution in [0.3, 0.4) is 0 Å². The molecule has 0 saturated carbocycles. The maximum atomic E-state index is 12.0. The monoisotopic (exact) mass is 377 g/mol. The zero-order chi connectivity index (χ0) is 17.1. The van der Waals surface area contributed by atoms with E-state index in [1.165, 1.54) is 16.9 Å². The molecule has 2 N–H and O–H groups in total. The summed E-state index contributed by atoms with van der Waals surface area (Å²) in [5.41, 5.74) is 3.57. The number of benzene rings is 2. The molecule has 0 saturated heterocycles. The van der Waals surface area contributed by atoms with E-state index in [1.54, 1.807) is 18.2 Å². The summed E-state index contributed by atoms with van der Waals surface area (Å²) < 4.78 is 0. The number of carbonyl (C=O) groups is 1. The number of anilines is 2. The Morgan fingerprint density at radius 3 is 2.50 bits per heavy atom. The number of aryl methyl sites for hydroxylation is 1. The quantitative estimate of drug-likeness (QED) is 0.581. The molecule has 0 spiro atoms. The SMILES string of the molecule is Cc1ccc(-c2csc(NC(=O)Nc3ccc(Cl)c(Cl)c3)n2)cc1. The Labute approximate surface area is 153 Å². The van der Waals surface area contributed by atoms with Crippen molar-refractivity contribution in [1.82, 2.24) is 4.98 Å². The van der Waals surface area contributed by atoms with Gasteiger partial charge in [0.2, 0.25) is 0 Å². The third-order valence-electron chi connectivity index (χ3n) is 3.25. The van der Waals surface area contributed by atoms with Crippen LogP contribution in [-0.4, -0.2) is 11.0 Å². The van der Waals surface area contributed by atoms with E-state index in [1.807, 2.05) is 36.6 Å². The van der Waals surface area contributed by atoms with Crippen molar-refractivity contribution < 1.29 is 4.79 Å². The second kappa shape index (κ2) is 7.21. The van der Waals surface area contributed by atoms with Gasteiger partial charge in [0, 0.05) is 16.6 Å². The van der Waals surface area contributed by atoms with Gasteiger partial charge >= 0.3 is 6.03 Å². The highest BCUT2D eigenvalue weighted by Gasteiger charge is 2.09. The minimum absolute atomic E-state index is 0.380. The van der Waals surface area contributed by atoms with E-state index in [0.29, 0.717) is 20.9 Å². The number of nitrogens with zero attached hydrogens (tertiary/aromatic N) is 1. The minimum Gasteiger partial charge on any atom is -0.308 e. The normalized spacial score (nSPS) is 10.5. The van der Waals surface area contributed by atoms with Crippen LogP contribution in [-0.2, 0) is 0 Å². The molecule has 0 radical (unpaired) electrons. The molecule has 0 aliphatic carbocycles. The molecule has 24 heavy (non-hydrogen) atoms. The zero-order valence-electron chi connectivity index (χ0n) is 12.6. The summed E-state index contributed by atoms with van der Waals surface area (Å²) in [6.45, 7) is 2.03. The number of aromatic nitrogens is 1. The predicted octanol–water partition coefficient (Wildman–Crippen LogP) is 6.07. The molecular formula is C17H13Cl2N3OS. The summed E-state index contributed by atoms with van der Waals surface area (Å²) >= 11 is 13.1. The molecule has 1 heterocycles. The van der Waals surface area contributed by atoms with Crippen LogP contribution in [0.15, 0.2) is 47.8 Å². The fourth-order valence-electron chi connectivity index (χ4n) is 2.02. The second-order valence-electron chi connectivity index (χ2n) is 5.11. The molecule has 0 fully saturated rings. The van der Waals surface area contributed by atoms with Gasteiger partial charge < -0.3 is 5.32 Å². The van der Waals surface area contributed by atoms with Crippen LogP contribution in [0.25, 0.3) is 11.3 Å². The van der Waals surface area contributed by atoms with Crippen LogP contribution in [0, 0.1) is 6.92 Å². The van der Waals surface area contributed by atoms with Gasteiger partial charge in [-0.05, 0) is 25.1 Å². The fourth-order valence-corrected chi connectivity index (χ4v) is 3.03. The molecule has 4 nitrogen and oxygen atoms in total. The lowest BCUT2D eigenvalue weighted by Crippen LogP contribution is -2.19. The van der Waals surface area contributed by atoms with E-state index in [2.05, 4.69) is 15.6 Å². The largest absolute Gasteiger partial charge is 0.325 e. The van der Waals surface area contributed by atoms with Crippen LogP contribution >= 0.6 is 34.5 Å². The first-order valence-electron chi connectivity index (χ1n) is 7.07. The van der Waals surface area contributed by atoms with E-state index in [0.717, 1.165) is 11.3 Å². The first kappa shape index (κ1) is 16.8. The molecule has 2 amide bonds. The Morgan fingerprint density at radius 1 is 1.04 bits per heavy atom. The average Bonchev–Trinajstić information content (AvgIpc) is 3.00. The maximum Gasteiger partial charge on any atom is 0.325 e. The third-order valence-corrected chi connectivity index (χ3v) is 4.75. The van der Waals surface area contributed by atoms with E-state index >= 15 is 0 Å². The van der Waals surface area contributed by atoms with Crippen molar-refractivity contribution in [2.45, 2.75) is 6.92 Å². The first-order chi connectivity index (χ1) is 11.5. The van der Waals surface area contributed by atoms with Crippen molar-refractivity contribution >= 4 is 51.4 Å². The number of hydrogen-bond donors (Lipinski definition) is 2. The molecule has 122 valence electrons. The molecule has 2 aromatic carbocycles. The topological polar surface area (TPSA) is 54.0 Å². The van der Waals surface area contributed by atoms with Crippen LogP contribution in [0.5, 0.6) is 0 Å². The van der Waals surface area contributed by atoms with E-state index in [9.17, 15) is 4.79 Å². The smallest absolute Gasteiger partial charge is 0.308 e. The molecule has 3 rings (SSSR count). The van der Waals surface area contributed by atoms with Gasteiger partial charge in [0.05, 0.1) is 15.7 Å². The van der Waals surface area contributed by atoms with E-state index in [4.69, 9.17) is 23.2 Å². The van der Waals surface area contributed by atoms with Crippen molar-refractivity contribution in [3.8, 4) is 11.3 Å². The van der Waals surface area contributed by atoms with Crippen molar-refractivity contribution in [3.63, 3.8) is 0 Å². The first-order valence-corrected chi connectivity index (χ1v) is 8.70. The minimum atomic E-state index is -0.391.